The van der Waals surface area contributed by atoms with Gasteiger partial charge in [0, 0.05) is 29.1 Å². The smallest absolute Gasteiger partial charge is 0.253 e. The lowest BCUT2D eigenvalue weighted by molar-refractivity contribution is 0.193. The largest absolute Gasteiger partial charge is 0.497 e. The zero-order valence-corrected chi connectivity index (χ0v) is 24.9. The summed E-state index contributed by atoms with van der Waals surface area (Å²) in [6.07, 6.45) is 1.61. The maximum atomic E-state index is 14.0. The van der Waals surface area contributed by atoms with Crippen LogP contribution in [0.3, 0.4) is 0 Å². The molecule has 0 fully saturated rings. The summed E-state index contributed by atoms with van der Waals surface area (Å²) < 4.78 is 12.7. The fourth-order valence-electron chi connectivity index (χ4n) is 5.41. The molecule has 0 aliphatic carbocycles. The Morgan fingerprint density at radius 1 is 1.00 bits per heavy atom. The number of hydrogen-bond acceptors (Lipinski definition) is 7. The number of furan rings is 1. The van der Waals surface area contributed by atoms with Crippen LogP contribution in [0, 0.1) is 13.8 Å². The summed E-state index contributed by atoms with van der Waals surface area (Å²) in [7, 11) is 1.64. The number of aryl methyl sites for hydroxylation is 2. The molecule has 3 aromatic heterocycles. The Morgan fingerprint density at radius 3 is 2.53 bits per heavy atom. The summed E-state index contributed by atoms with van der Waals surface area (Å²) >= 11 is 6.69. The first-order valence-electron chi connectivity index (χ1n) is 13.9. The molecule has 1 N–H and O–H groups in total. The molecule has 0 amide bonds. The summed E-state index contributed by atoms with van der Waals surface area (Å²) in [5, 5.41) is 14.5. The van der Waals surface area contributed by atoms with Crippen molar-refractivity contribution >= 4 is 22.5 Å². The molecule has 43 heavy (non-hydrogen) atoms. The molecule has 3 aromatic carbocycles. The molecule has 6 rings (SSSR count). The molecule has 6 aromatic rings. The van der Waals surface area contributed by atoms with E-state index in [0.717, 1.165) is 38.9 Å². The zero-order chi connectivity index (χ0) is 29.9. The maximum Gasteiger partial charge on any atom is 0.253 e. The molecular formula is C33H31ClN6O3. The van der Waals surface area contributed by atoms with E-state index >= 15 is 0 Å². The van der Waals surface area contributed by atoms with Crippen molar-refractivity contribution in [2.45, 2.75) is 39.5 Å². The highest BCUT2D eigenvalue weighted by Gasteiger charge is 2.32. The normalized spacial score (nSPS) is 12.2. The number of hydrogen-bond donors (Lipinski definition) is 1. The Bertz CT molecular complexity index is 1910. The van der Waals surface area contributed by atoms with Crippen molar-refractivity contribution in [3.63, 3.8) is 0 Å². The van der Waals surface area contributed by atoms with Crippen LogP contribution < -0.4 is 10.3 Å². The lowest BCUT2D eigenvalue weighted by atomic mass is 9.98. The first-order chi connectivity index (χ1) is 20.9. The van der Waals surface area contributed by atoms with Gasteiger partial charge in [-0.2, -0.15) is 0 Å². The average Bonchev–Trinajstić information content (AvgIpc) is 3.70. The second-order valence-corrected chi connectivity index (χ2v) is 11.0. The number of ether oxygens (including phenoxy) is 1. The van der Waals surface area contributed by atoms with Crippen LogP contribution in [0.2, 0.25) is 5.02 Å². The zero-order valence-electron chi connectivity index (χ0n) is 24.1. The predicted octanol–water partition coefficient (Wildman–Crippen LogP) is 6.23. The highest BCUT2D eigenvalue weighted by molar-refractivity contribution is 6.31. The quantitative estimate of drug-likeness (QED) is 0.201. The molecule has 1 atom stereocenters. The van der Waals surface area contributed by atoms with Gasteiger partial charge in [0.2, 0.25) is 0 Å². The van der Waals surface area contributed by atoms with Crippen molar-refractivity contribution in [2.75, 3.05) is 7.11 Å². The molecule has 0 saturated carbocycles. The van der Waals surface area contributed by atoms with E-state index in [1.807, 2.05) is 86.6 Å². The first kappa shape index (κ1) is 28.4. The number of methoxy groups -OCH3 is 1. The molecule has 0 unspecified atom stereocenters. The van der Waals surface area contributed by atoms with Gasteiger partial charge in [0.15, 0.2) is 5.82 Å². The van der Waals surface area contributed by atoms with Gasteiger partial charge < -0.3 is 14.1 Å². The van der Waals surface area contributed by atoms with Gasteiger partial charge in [0.25, 0.3) is 5.56 Å². The predicted molar refractivity (Wildman–Crippen MR) is 165 cm³/mol. The molecule has 0 spiro atoms. The summed E-state index contributed by atoms with van der Waals surface area (Å²) in [5.41, 5.74) is 5.11. The van der Waals surface area contributed by atoms with Gasteiger partial charge in [-0.15, -0.1) is 5.10 Å². The number of H-pyrrole nitrogens is 1. The van der Waals surface area contributed by atoms with Crippen LogP contribution in [0.25, 0.3) is 10.9 Å². The molecule has 0 bridgehead atoms. The summed E-state index contributed by atoms with van der Waals surface area (Å²) in [6, 6.07) is 24.7. The molecule has 0 aliphatic heterocycles. The van der Waals surface area contributed by atoms with Gasteiger partial charge in [-0.1, -0.05) is 54.1 Å². The minimum Gasteiger partial charge on any atom is -0.497 e. The molecule has 0 radical (unpaired) electrons. The van der Waals surface area contributed by atoms with E-state index < -0.39 is 6.04 Å². The van der Waals surface area contributed by atoms with Crippen LogP contribution >= 0.6 is 11.6 Å². The molecule has 0 aliphatic rings. The van der Waals surface area contributed by atoms with Crippen molar-refractivity contribution in [1.82, 2.24) is 30.1 Å². The lowest BCUT2D eigenvalue weighted by Crippen LogP contribution is -2.35. The molecule has 9 nitrogen and oxygen atoms in total. The summed E-state index contributed by atoms with van der Waals surface area (Å²) in [4.78, 5) is 19.3. The Morgan fingerprint density at radius 2 is 1.79 bits per heavy atom. The van der Waals surface area contributed by atoms with Crippen molar-refractivity contribution in [3.05, 3.63) is 140 Å². The standard InChI is InChI=1S/C33H31ClN6O3/c1-21-10-11-22(2)30-27(21)17-28(33(41)35-30)31(32-36-37-38-40(32)20-26-8-6-16-43-26)39(19-24-7-4-5-9-29(24)34)18-23-12-14-25(42-3)15-13-23/h4-17,31H,18-20H2,1-3H3,(H,35,41)/t31-/m1/s1. The number of pyridine rings is 1. The third-order valence-corrected chi connectivity index (χ3v) is 8.07. The highest BCUT2D eigenvalue weighted by Crippen LogP contribution is 2.33. The lowest BCUT2D eigenvalue weighted by Gasteiger charge is -2.31. The topological polar surface area (TPSA) is 102 Å². The van der Waals surface area contributed by atoms with E-state index in [1.165, 1.54) is 0 Å². The Hall–Kier alpha value is -4.73. The van der Waals surface area contributed by atoms with Gasteiger partial charge >= 0.3 is 0 Å². The van der Waals surface area contributed by atoms with Crippen molar-refractivity contribution in [2.24, 2.45) is 0 Å². The van der Waals surface area contributed by atoms with Crippen LogP contribution in [0.4, 0.5) is 0 Å². The van der Waals surface area contributed by atoms with Crippen LogP contribution in [0.5, 0.6) is 5.75 Å². The van der Waals surface area contributed by atoms with Gasteiger partial charge in [-0.3, -0.25) is 9.69 Å². The molecular weight excluding hydrogens is 564 g/mol. The first-order valence-corrected chi connectivity index (χ1v) is 14.3. The molecule has 10 heteroatoms. The van der Waals surface area contributed by atoms with E-state index in [9.17, 15) is 4.79 Å². The van der Waals surface area contributed by atoms with Crippen molar-refractivity contribution in [3.8, 4) is 5.75 Å². The van der Waals surface area contributed by atoms with Gasteiger partial charge in [-0.25, -0.2) is 4.68 Å². The Kier molecular flexibility index (Phi) is 8.09. The minimum absolute atomic E-state index is 0.211. The van der Waals surface area contributed by atoms with Gasteiger partial charge in [-0.05, 0) is 82.9 Å². The number of nitrogens with one attached hydrogen (secondary N) is 1. The number of nitrogens with zero attached hydrogens (tertiary/aromatic N) is 5. The number of aromatic amines is 1. The third-order valence-electron chi connectivity index (χ3n) is 7.70. The fourth-order valence-corrected chi connectivity index (χ4v) is 5.61. The van der Waals surface area contributed by atoms with Gasteiger partial charge in [0.1, 0.15) is 24.1 Å². The average molecular weight is 595 g/mol. The Labute approximate surface area is 253 Å². The van der Waals surface area contributed by atoms with Crippen LogP contribution in [-0.2, 0) is 19.6 Å². The Balaban J connectivity index is 1.55. The van der Waals surface area contributed by atoms with Crippen molar-refractivity contribution in [1.29, 1.82) is 0 Å². The maximum absolute atomic E-state index is 14.0. The second-order valence-electron chi connectivity index (χ2n) is 10.6. The minimum atomic E-state index is -0.642. The van der Waals surface area contributed by atoms with Gasteiger partial charge in [0.05, 0.1) is 18.9 Å². The number of benzene rings is 3. The SMILES string of the molecule is COc1ccc(CN(Cc2ccccc2Cl)[C@H](c2cc3c(C)ccc(C)c3[nH]c2=O)c2nnnn2Cc2ccco2)cc1. The number of aromatic nitrogens is 5. The highest BCUT2D eigenvalue weighted by atomic mass is 35.5. The molecule has 0 saturated heterocycles. The van der Waals surface area contributed by atoms with Crippen molar-refractivity contribution < 1.29 is 9.15 Å². The summed E-state index contributed by atoms with van der Waals surface area (Å²) in [5.74, 6) is 1.96. The van der Waals surface area contributed by atoms with E-state index in [2.05, 4.69) is 31.5 Å². The van der Waals surface area contributed by atoms with E-state index in [-0.39, 0.29) is 5.56 Å². The van der Waals surface area contributed by atoms with E-state index in [1.54, 1.807) is 18.1 Å². The van der Waals surface area contributed by atoms with Crippen LogP contribution in [-0.4, -0.2) is 37.2 Å². The molecule has 3 heterocycles. The van der Waals surface area contributed by atoms with E-state index in [4.69, 9.17) is 20.8 Å². The molecule has 218 valence electrons. The number of rotatable bonds is 10. The van der Waals surface area contributed by atoms with E-state index in [0.29, 0.717) is 41.8 Å². The van der Waals surface area contributed by atoms with Crippen LogP contribution in [0.15, 0.2) is 94.3 Å². The number of fused-ring (bicyclic) bond motifs is 1. The number of tetrazole rings is 1. The fraction of sp³-hybridized carbons (Fsp3) is 0.212. The van der Waals surface area contributed by atoms with Crippen LogP contribution in [0.1, 0.15) is 45.4 Å². The third kappa shape index (κ3) is 5.95. The summed E-state index contributed by atoms with van der Waals surface area (Å²) in [6.45, 7) is 5.23. The number of halogens is 1. The second kappa shape index (κ2) is 12.2. The monoisotopic (exact) mass is 594 g/mol.